The van der Waals surface area contributed by atoms with E-state index in [1.807, 2.05) is 0 Å². The van der Waals surface area contributed by atoms with Crippen LogP contribution >= 0.6 is 0 Å². The Balaban J connectivity index is 6.01. The first-order chi connectivity index (χ1) is 9.26. The number of carbonyl (C=O) groups is 1. The molecule has 2 N–H and O–H groups in total. The summed E-state index contributed by atoms with van der Waals surface area (Å²) in [7, 11) is 1.31. The summed E-state index contributed by atoms with van der Waals surface area (Å²) in [5, 5.41) is 15.5. The number of ketones is 1. The third kappa shape index (κ3) is 4.87. The second-order valence-corrected chi connectivity index (χ2v) is 4.09. The minimum atomic E-state index is -1.24. The molecule has 0 fully saturated rings. The quantitative estimate of drug-likeness (QED) is 0.427. The van der Waals surface area contributed by atoms with Crippen molar-refractivity contribution >= 4 is 23.4 Å². The fourth-order valence-electron chi connectivity index (χ4n) is 1.43. The van der Waals surface area contributed by atoms with Crippen LogP contribution in [-0.2, 0) is 9.53 Å². The second kappa shape index (κ2) is 8.14. The average molecular weight is 281 g/mol. The van der Waals surface area contributed by atoms with E-state index in [0.717, 1.165) is 6.21 Å². The number of alkyl halides is 1. The Morgan fingerprint density at radius 1 is 1.35 bits per heavy atom. The normalized spacial score (nSPS) is 14.8. The molecule has 0 saturated heterocycles. The smallest absolute Gasteiger partial charge is 0.181 e. The van der Waals surface area contributed by atoms with Crippen LogP contribution in [0, 0.1) is 10.8 Å². The van der Waals surface area contributed by atoms with Gasteiger partial charge in [0.15, 0.2) is 11.5 Å². The fourth-order valence-corrected chi connectivity index (χ4v) is 1.43. The van der Waals surface area contributed by atoms with Crippen molar-refractivity contribution in [3.05, 3.63) is 23.1 Å². The van der Waals surface area contributed by atoms with Gasteiger partial charge in [0.25, 0.3) is 0 Å². The molecule has 20 heavy (non-hydrogen) atoms. The Kier molecular flexibility index (Phi) is 7.28. The van der Waals surface area contributed by atoms with E-state index < -0.39 is 12.0 Å². The summed E-state index contributed by atoms with van der Waals surface area (Å²) in [5.74, 6) is -0.527. The molecule has 0 amide bonds. The Morgan fingerprint density at radius 2 is 1.90 bits per heavy atom. The molecule has 0 heterocycles. The summed E-state index contributed by atoms with van der Waals surface area (Å²) in [6.07, 6.45) is 1.41. The summed E-state index contributed by atoms with van der Waals surface area (Å²) in [6, 6.07) is 0. The number of ether oxygens (including phenoxy) is 1. The van der Waals surface area contributed by atoms with E-state index in [1.165, 1.54) is 27.9 Å². The summed E-state index contributed by atoms with van der Waals surface area (Å²) >= 11 is 0. The SMILES string of the molecule is C/C=C(N=CC(C)F)/C(C(C)=N)=C(\OC)C(=N)C(C)=O. The average Bonchev–Trinajstić information content (AvgIpc) is 2.36. The van der Waals surface area contributed by atoms with Crippen LogP contribution in [-0.4, -0.2) is 36.7 Å². The van der Waals surface area contributed by atoms with Crippen LogP contribution in [0.5, 0.6) is 0 Å². The van der Waals surface area contributed by atoms with E-state index in [4.69, 9.17) is 15.6 Å². The van der Waals surface area contributed by atoms with Gasteiger partial charge in [-0.15, -0.1) is 0 Å². The highest BCUT2D eigenvalue weighted by Crippen LogP contribution is 2.20. The highest BCUT2D eigenvalue weighted by molar-refractivity contribution is 6.44. The van der Waals surface area contributed by atoms with E-state index in [-0.39, 0.29) is 28.5 Å². The maximum atomic E-state index is 12.9. The zero-order valence-corrected chi connectivity index (χ0v) is 12.4. The number of Topliss-reactive ketones (excluding diaryl/α,β-unsaturated/α-hetero) is 1. The van der Waals surface area contributed by atoms with Crippen LogP contribution in [0.3, 0.4) is 0 Å². The summed E-state index contributed by atoms with van der Waals surface area (Å²) in [4.78, 5) is 15.3. The predicted octanol–water partition coefficient (Wildman–Crippen LogP) is 2.87. The lowest BCUT2D eigenvalue weighted by atomic mass is 10.0. The molecule has 0 bridgehead atoms. The molecule has 1 atom stereocenters. The molecular weight excluding hydrogens is 261 g/mol. The van der Waals surface area contributed by atoms with Gasteiger partial charge in [0.1, 0.15) is 11.9 Å². The number of carbonyl (C=O) groups excluding carboxylic acids is 1. The zero-order valence-electron chi connectivity index (χ0n) is 12.4. The maximum Gasteiger partial charge on any atom is 0.181 e. The van der Waals surface area contributed by atoms with Crippen molar-refractivity contribution in [3.63, 3.8) is 0 Å². The summed E-state index contributed by atoms with van der Waals surface area (Å²) < 4.78 is 17.9. The first kappa shape index (κ1) is 17.9. The molecule has 0 aliphatic carbocycles. The standard InChI is InChI=1S/C14H20FN3O2/c1-6-11(18-7-8(2)15)12(9(3)16)14(20-5)13(17)10(4)19/h6-8,16-17H,1-5H3/b11-6-,14-12-,16-9?,17-13?,18-7?. The number of methoxy groups -OCH3 is 1. The first-order valence-corrected chi connectivity index (χ1v) is 6.04. The predicted molar refractivity (Wildman–Crippen MR) is 78.7 cm³/mol. The Bertz CT molecular complexity index is 503. The number of allylic oxidation sites excluding steroid dienone is 3. The summed E-state index contributed by atoms with van der Waals surface area (Å²) in [5.41, 5.74) is 0.207. The second-order valence-electron chi connectivity index (χ2n) is 4.09. The fraction of sp³-hybridized carbons (Fsp3) is 0.429. The highest BCUT2D eigenvalue weighted by Gasteiger charge is 2.20. The van der Waals surface area contributed by atoms with Crippen molar-refractivity contribution < 1.29 is 13.9 Å². The van der Waals surface area contributed by atoms with Gasteiger partial charge in [-0.1, -0.05) is 6.08 Å². The topological polar surface area (TPSA) is 86.4 Å². The number of nitrogens with one attached hydrogen (secondary N) is 2. The highest BCUT2D eigenvalue weighted by atomic mass is 19.1. The van der Waals surface area contributed by atoms with Crippen LogP contribution in [0.1, 0.15) is 27.7 Å². The van der Waals surface area contributed by atoms with Crippen LogP contribution in [0.2, 0.25) is 0 Å². The third-order valence-electron chi connectivity index (χ3n) is 2.33. The van der Waals surface area contributed by atoms with E-state index in [2.05, 4.69) is 4.99 Å². The number of rotatable bonds is 7. The lowest BCUT2D eigenvalue weighted by Crippen LogP contribution is -2.18. The minimum Gasteiger partial charge on any atom is -0.494 e. The number of nitrogens with zero attached hydrogens (tertiary/aromatic N) is 1. The number of hydrogen-bond donors (Lipinski definition) is 2. The van der Waals surface area contributed by atoms with E-state index in [1.54, 1.807) is 13.0 Å². The van der Waals surface area contributed by atoms with Crippen molar-refractivity contribution in [2.45, 2.75) is 33.9 Å². The van der Waals surface area contributed by atoms with E-state index in [9.17, 15) is 9.18 Å². The monoisotopic (exact) mass is 281 g/mol. The lowest BCUT2D eigenvalue weighted by molar-refractivity contribution is -0.111. The minimum absolute atomic E-state index is 0.0400. The molecule has 0 saturated carbocycles. The van der Waals surface area contributed by atoms with Crippen LogP contribution in [0.4, 0.5) is 4.39 Å². The maximum absolute atomic E-state index is 12.9. The molecule has 6 heteroatoms. The molecule has 110 valence electrons. The number of aliphatic imine (C=N–C) groups is 1. The van der Waals surface area contributed by atoms with Crippen molar-refractivity contribution in [2.75, 3.05) is 7.11 Å². The van der Waals surface area contributed by atoms with Gasteiger partial charge in [-0.25, -0.2) is 4.39 Å². The van der Waals surface area contributed by atoms with Crippen molar-refractivity contribution in [2.24, 2.45) is 4.99 Å². The van der Waals surface area contributed by atoms with E-state index >= 15 is 0 Å². The zero-order chi connectivity index (χ0) is 15.9. The van der Waals surface area contributed by atoms with Gasteiger partial charge in [0.05, 0.1) is 18.4 Å². The Hall–Kier alpha value is -2.11. The Labute approximate surface area is 118 Å². The molecule has 0 aromatic heterocycles. The van der Waals surface area contributed by atoms with E-state index in [0.29, 0.717) is 0 Å². The Morgan fingerprint density at radius 3 is 2.20 bits per heavy atom. The van der Waals surface area contributed by atoms with Gasteiger partial charge >= 0.3 is 0 Å². The molecule has 1 unspecified atom stereocenters. The van der Waals surface area contributed by atoms with Crippen LogP contribution < -0.4 is 0 Å². The molecule has 0 aromatic carbocycles. The van der Waals surface area contributed by atoms with Crippen LogP contribution in [0.25, 0.3) is 0 Å². The number of hydrogen-bond acceptors (Lipinski definition) is 5. The molecule has 0 rings (SSSR count). The molecule has 0 aliphatic heterocycles. The van der Waals surface area contributed by atoms with Gasteiger partial charge in [-0.2, -0.15) is 0 Å². The lowest BCUT2D eigenvalue weighted by Gasteiger charge is -2.13. The van der Waals surface area contributed by atoms with Gasteiger partial charge in [-0.05, 0) is 20.8 Å². The molecule has 0 spiro atoms. The molecule has 0 aliphatic rings. The summed E-state index contributed by atoms with van der Waals surface area (Å²) in [6.45, 7) is 5.72. The van der Waals surface area contributed by atoms with Crippen molar-refractivity contribution in [3.8, 4) is 0 Å². The largest absolute Gasteiger partial charge is 0.494 e. The third-order valence-corrected chi connectivity index (χ3v) is 2.33. The number of halogens is 1. The van der Waals surface area contributed by atoms with Gasteiger partial charge < -0.3 is 10.1 Å². The molecule has 5 nitrogen and oxygen atoms in total. The van der Waals surface area contributed by atoms with Gasteiger partial charge in [0.2, 0.25) is 0 Å². The van der Waals surface area contributed by atoms with Gasteiger partial charge in [0, 0.05) is 18.9 Å². The molecule has 0 aromatic rings. The first-order valence-electron chi connectivity index (χ1n) is 6.04. The molecular formula is C14H20FN3O2. The van der Waals surface area contributed by atoms with Crippen molar-refractivity contribution in [1.29, 1.82) is 10.8 Å². The van der Waals surface area contributed by atoms with Gasteiger partial charge in [-0.3, -0.25) is 15.2 Å². The molecule has 0 radical (unpaired) electrons. The van der Waals surface area contributed by atoms with Crippen molar-refractivity contribution in [1.82, 2.24) is 0 Å². The van der Waals surface area contributed by atoms with Crippen LogP contribution in [0.15, 0.2) is 28.1 Å².